The van der Waals surface area contributed by atoms with Crippen molar-refractivity contribution in [3.8, 4) is 5.75 Å². The number of amides is 2. The van der Waals surface area contributed by atoms with E-state index in [-0.39, 0.29) is 18.4 Å². The van der Waals surface area contributed by atoms with E-state index in [0.717, 1.165) is 5.69 Å². The maximum Gasteiger partial charge on any atom is 0.254 e. The molecule has 3 rings (SSSR count). The Morgan fingerprint density at radius 2 is 2.21 bits per heavy atom. The topological polar surface area (TPSA) is 76.5 Å². The number of aromatic nitrogens is 2. The molecule has 126 valence electrons. The van der Waals surface area contributed by atoms with E-state index in [4.69, 9.17) is 16.3 Å². The van der Waals surface area contributed by atoms with E-state index in [1.165, 1.54) is 7.11 Å². The number of nitrogens with one attached hydrogen (secondary N) is 1. The molecule has 0 radical (unpaired) electrons. The van der Waals surface area contributed by atoms with Crippen LogP contribution in [0, 0.1) is 0 Å². The molecule has 1 aromatic heterocycles. The first-order valence-corrected chi connectivity index (χ1v) is 7.78. The number of benzene rings is 1. The number of rotatable bonds is 3. The molecule has 0 bridgehead atoms. The van der Waals surface area contributed by atoms with Crippen molar-refractivity contribution in [2.45, 2.75) is 12.6 Å². The lowest BCUT2D eigenvalue weighted by Gasteiger charge is -2.33. The molecule has 0 saturated carbocycles. The highest BCUT2D eigenvalue weighted by molar-refractivity contribution is 6.32. The van der Waals surface area contributed by atoms with Crippen LogP contribution in [0.4, 0.5) is 0 Å². The molecule has 0 unspecified atom stereocenters. The molecule has 2 amide bonds. The van der Waals surface area contributed by atoms with Gasteiger partial charge in [-0.15, -0.1) is 0 Å². The van der Waals surface area contributed by atoms with Crippen molar-refractivity contribution in [1.29, 1.82) is 0 Å². The predicted octanol–water partition coefficient (Wildman–Crippen LogP) is 1.49. The molecule has 0 aliphatic carbocycles. The number of fused-ring (bicyclic) bond motifs is 1. The Bertz CT molecular complexity index is 789. The molecule has 0 spiro atoms. The lowest BCUT2D eigenvalue weighted by Crippen LogP contribution is -2.45. The SMILES string of the molecule is CNC(=O)[C@H]1CN(C(=O)c2ccc(OC)c(Cl)c2)Cc2cncn21. The Hall–Kier alpha value is -2.54. The summed E-state index contributed by atoms with van der Waals surface area (Å²) in [5.74, 6) is 0.147. The lowest BCUT2D eigenvalue weighted by molar-refractivity contribution is -0.124. The fourth-order valence-electron chi connectivity index (χ4n) is 2.80. The highest BCUT2D eigenvalue weighted by atomic mass is 35.5. The summed E-state index contributed by atoms with van der Waals surface area (Å²) in [7, 11) is 3.09. The van der Waals surface area contributed by atoms with Crippen LogP contribution in [0.3, 0.4) is 0 Å². The van der Waals surface area contributed by atoms with Crippen molar-refractivity contribution in [3.63, 3.8) is 0 Å². The summed E-state index contributed by atoms with van der Waals surface area (Å²) in [6.45, 7) is 0.654. The van der Waals surface area contributed by atoms with E-state index in [1.807, 2.05) is 0 Å². The van der Waals surface area contributed by atoms with Gasteiger partial charge >= 0.3 is 0 Å². The first-order valence-electron chi connectivity index (χ1n) is 7.40. The predicted molar refractivity (Wildman–Crippen MR) is 88.1 cm³/mol. The minimum absolute atomic E-state index is 0.167. The molecule has 2 heterocycles. The van der Waals surface area contributed by atoms with Crippen LogP contribution in [-0.2, 0) is 11.3 Å². The van der Waals surface area contributed by atoms with Crippen molar-refractivity contribution in [1.82, 2.24) is 19.8 Å². The normalized spacial score (nSPS) is 16.5. The zero-order valence-corrected chi connectivity index (χ0v) is 14.1. The summed E-state index contributed by atoms with van der Waals surface area (Å²) in [6, 6.07) is 4.39. The fraction of sp³-hybridized carbons (Fsp3) is 0.312. The van der Waals surface area contributed by atoms with Gasteiger partial charge in [-0.05, 0) is 18.2 Å². The van der Waals surface area contributed by atoms with Gasteiger partial charge in [0.1, 0.15) is 11.8 Å². The van der Waals surface area contributed by atoms with Crippen molar-refractivity contribution in [3.05, 3.63) is 47.0 Å². The fourth-order valence-corrected chi connectivity index (χ4v) is 3.06. The largest absolute Gasteiger partial charge is 0.495 e. The zero-order valence-electron chi connectivity index (χ0n) is 13.3. The summed E-state index contributed by atoms with van der Waals surface area (Å²) in [4.78, 5) is 30.6. The zero-order chi connectivity index (χ0) is 17.3. The maximum atomic E-state index is 12.8. The first-order chi connectivity index (χ1) is 11.5. The molecule has 1 N–H and O–H groups in total. The van der Waals surface area contributed by atoms with Gasteiger partial charge in [0.15, 0.2) is 0 Å². The molecule has 0 fully saturated rings. The Morgan fingerprint density at radius 1 is 1.42 bits per heavy atom. The monoisotopic (exact) mass is 348 g/mol. The third kappa shape index (κ3) is 2.82. The van der Waals surface area contributed by atoms with Gasteiger partial charge in [-0.2, -0.15) is 0 Å². The second-order valence-corrected chi connectivity index (χ2v) is 5.86. The third-order valence-electron chi connectivity index (χ3n) is 4.06. The van der Waals surface area contributed by atoms with E-state index in [9.17, 15) is 9.59 Å². The average Bonchev–Trinajstić information content (AvgIpc) is 3.08. The van der Waals surface area contributed by atoms with E-state index < -0.39 is 6.04 Å². The van der Waals surface area contributed by atoms with E-state index in [0.29, 0.717) is 22.9 Å². The number of carbonyl (C=O) groups excluding carboxylic acids is 2. The summed E-state index contributed by atoms with van der Waals surface area (Å²) in [6.07, 6.45) is 3.28. The number of halogens is 1. The number of hydrogen-bond donors (Lipinski definition) is 1. The number of nitrogens with zero attached hydrogens (tertiary/aromatic N) is 3. The molecule has 1 atom stereocenters. The third-order valence-corrected chi connectivity index (χ3v) is 4.36. The standard InChI is InChI=1S/C16H17ClN4O3/c1-18-15(22)13-8-20(7-11-6-19-9-21(11)13)16(23)10-3-4-14(24-2)12(17)5-10/h3-6,9,13H,7-8H2,1-2H3,(H,18,22)/t13-/m1/s1. The molecule has 2 aromatic rings. The summed E-state index contributed by atoms with van der Waals surface area (Å²) in [5.41, 5.74) is 1.26. The molecule has 1 aliphatic rings. The van der Waals surface area contributed by atoms with Gasteiger partial charge in [0.25, 0.3) is 5.91 Å². The second-order valence-electron chi connectivity index (χ2n) is 5.46. The van der Waals surface area contributed by atoms with Crippen LogP contribution in [0.25, 0.3) is 0 Å². The molecule has 7 nitrogen and oxygen atoms in total. The van der Waals surface area contributed by atoms with Crippen LogP contribution in [0.2, 0.25) is 5.02 Å². The Balaban J connectivity index is 1.88. The number of likely N-dealkylation sites (N-methyl/N-ethyl adjacent to an activating group) is 1. The second kappa shape index (κ2) is 6.52. The number of ether oxygens (including phenoxy) is 1. The van der Waals surface area contributed by atoms with Crippen molar-refractivity contribution in [2.24, 2.45) is 0 Å². The van der Waals surface area contributed by atoms with Gasteiger partial charge in [-0.1, -0.05) is 11.6 Å². The number of hydrogen-bond acceptors (Lipinski definition) is 4. The summed E-state index contributed by atoms with van der Waals surface area (Å²) < 4.78 is 6.90. The van der Waals surface area contributed by atoms with E-state index in [1.54, 1.807) is 47.2 Å². The quantitative estimate of drug-likeness (QED) is 0.911. The first kappa shape index (κ1) is 16.3. The van der Waals surface area contributed by atoms with Crippen LogP contribution in [0.1, 0.15) is 22.1 Å². The molecule has 0 saturated heterocycles. The van der Waals surface area contributed by atoms with Gasteiger partial charge in [0, 0.05) is 18.8 Å². The number of methoxy groups -OCH3 is 1. The molecule has 1 aliphatic heterocycles. The Kier molecular flexibility index (Phi) is 4.44. The van der Waals surface area contributed by atoms with Crippen LogP contribution >= 0.6 is 11.6 Å². The van der Waals surface area contributed by atoms with Crippen LogP contribution in [0.5, 0.6) is 5.75 Å². The molecular formula is C16H17ClN4O3. The van der Waals surface area contributed by atoms with Gasteiger partial charge in [-0.3, -0.25) is 9.59 Å². The van der Waals surface area contributed by atoms with Crippen LogP contribution in [0.15, 0.2) is 30.7 Å². The summed E-state index contributed by atoms with van der Waals surface area (Å²) >= 11 is 6.10. The van der Waals surface area contributed by atoms with E-state index >= 15 is 0 Å². The average molecular weight is 349 g/mol. The highest BCUT2D eigenvalue weighted by Gasteiger charge is 2.32. The van der Waals surface area contributed by atoms with Gasteiger partial charge in [0.2, 0.25) is 5.91 Å². The van der Waals surface area contributed by atoms with Crippen LogP contribution < -0.4 is 10.1 Å². The molecule has 8 heteroatoms. The van der Waals surface area contributed by atoms with Gasteiger partial charge in [0.05, 0.1) is 37.2 Å². The van der Waals surface area contributed by atoms with Crippen molar-refractivity contribution in [2.75, 3.05) is 20.7 Å². The van der Waals surface area contributed by atoms with Gasteiger partial charge < -0.3 is 19.5 Å². The Labute approximate surface area is 144 Å². The highest BCUT2D eigenvalue weighted by Crippen LogP contribution is 2.27. The minimum atomic E-state index is -0.501. The lowest BCUT2D eigenvalue weighted by atomic mass is 10.1. The smallest absolute Gasteiger partial charge is 0.254 e. The van der Waals surface area contributed by atoms with E-state index in [2.05, 4.69) is 10.3 Å². The van der Waals surface area contributed by atoms with Gasteiger partial charge in [-0.25, -0.2) is 4.98 Å². The minimum Gasteiger partial charge on any atom is -0.495 e. The number of carbonyl (C=O) groups is 2. The van der Waals surface area contributed by atoms with Crippen molar-refractivity contribution < 1.29 is 14.3 Å². The van der Waals surface area contributed by atoms with Crippen molar-refractivity contribution >= 4 is 23.4 Å². The summed E-state index contributed by atoms with van der Waals surface area (Å²) in [5, 5.41) is 2.99. The Morgan fingerprint density at radius 3 is 2.88 bits per heavy atom. The van der Waals surface area contributed by atoms with Crippen LogP contribution in [-0.4, -0.2) is 47.0 Å². The molecule has 24 heavy (non-hydrogen) atoms. The maximum absolute atomic E-state index is 12.8. The number of imidazole rings is 1. The molecular weight excluding hydrogens is 332 g/mol. The molecule has 1 aromatic carbocycles.